The summed E-state index contributed by atoms with van der Waals surface area (Å²) in [6.07, 6.45) is 3.19. The van der Waals surface area contributed by atoms with E-state index in [2.05, 4.69) is 6.58 Å². The standard InChI is InChI=1S/C6H8O2/c1-2-3-6(4-7)5-8-6/h2,4H,1,3,5H2. The number of hydrogen-bond donors (Lipinski definition) is 0. The third-order valence-electron chi connectivity index (χ3n) is 1.22. The van der Waals surface area contributed by atoms with Crippen LogP contribution in [0.1, 0.15) is 6.42 Å². The van der Waals surface area contributed by atoms with Crippen molar-refractivity contribution in [1.82, 2.24) is 0 Å². The minimum atomic E-state index is -0.457. The SMILES string of the molecule is C=CCC1(C=O)CO1. The highest BCUT2D eigenvalue weighted by Gasteiger charge is 2.43. The van der Waals surface area contributed by atoms with E-state index in [1.807, 2.05) is 0 Å². The van der Waals surface area contributed by atoms with E-state index < -0.39 is 5.60 Å². The lowest BCUT2D eigenvalue weighted by Gasteiger charge is -1.92. The van der Waals surface area contributed by atoms with Gasteiger partial charge < -0.3 is 9.53 Å². The second-order valence-electron chi connectivity index (χ2n) is 1.96. The monoisotopic (exact) mass is 112 g/mol. The van der Waals surface area contributed by atoms with Crippen LogP contribution in [0, 0.1) is 0 Å². The molecular weight excluding hydrogens is 104 g/mol. The molecule has 1 aliphatic heterocycles. The van der Waals surface area contributed by atoms with Crippen LogP contribution < -0.4 is 0 Å². The lowest BCUT2D eigenvalue weighted by atomic mass is 10.1. The van der Waals surface area contributed by atoms with E-state index in [1.165, 1.54) is 0 Å². The van der Waals surface area contributed by atoms with E-state index in [9.17, 15) is 4.79 Å². The van der Waals surface area contributed by atoms with Crippen LogP contribution in [-0.2, 0) is 9.53 Å². The summed E-state index contributed by atoms with van der Waals surface area (Å²) >= 11 is 0. The van der Waals surface area contributed by atoms with Gasteiger partial charge in [0.1, 0.15) is 5.60 Å². The molecule has 2 nitrogen and oxygen atoms in total. The Kier molecular flexibility index (Phi) is 1.18. The van der Waals surface area contributed by atoms with Crippen molar-refractivity contribution in [2.24, 2.45) is 0 Å². The predicted molar refractivity (Wildman–Crippen MR) is 29.6 cm³/mol. The van der Waals surface area contributed by atoms with Crippen LogP contribution in [0.5, 0.6) is 0 Å². The normalized spacial score (nSPS) is 34.0. The minimum Gasteiger partial charge on any atom is -0.361 e. The minimum absolute atomic E-state index is 0.457. The molecule has 2 heteroatoms. The highest BCUT2D eigenvalue weighted by atomic mass is 16.6. The van der Waals surface area contributed by atoms with Gasteiger partial charge in [0.15, 0.2) is 6.29 Å². The van der Waals surface area contributed by atoms with Crippen LogP contribution in [0.2, 0.25) is 0 Å². The van der Waals surface area contributed by atoms with Crippen molar-refractivity contribution < 1.29 is 9.53 Å². The van der Waals surface area contributed by atoms with Crippen molar-refractivity contribution >= 4 is 6.29 Å². The predicted octanol–water partition coefficient (Wildman–Crippen LogP) is 0.530. The fourth-order valence-electron chi connectivity index (χ4n) is 0.571. The van der Waals surface area contributed by atoms with Crippen molar-refractivity contribution in [2.45, 2.75) is 12.0 Å². The smallest absolute Gasteiger partial charge is 0.154 e. The van der Waals surface area contributed by atoms with Crippen LogP contribution in [0.15, 0.2) is 12.7 Å². The second-order valence-corrected chi connectivity index (χ2v) is 1.96. The highest BCUT2D eigenvalue weighted by Crippen LogP contribution is 2.27. The van der Waals surface area contributed by atoms with E-state index in [0.717, 1.165) is 6.29 Å². The zero-order valence-corrected chi connectivity index (χ0v) is 4.59. The van der Waals surface area contributed by atoms with Crippen molar-refractivity contribution in [3.63, 3.8) is 0 Å². The fourth-order valence-corrected chi connectivity index (χ4v) is 0.571. The summed E-state index contributed by atoms with van der Waals surface area (Å²) in [5.74, 6) is 0. The lowest BCUT2D eigenvalue weighted by Crippen LogP contribution is -2.09. The number of aldehydes is 1. The molecule has 1 aliphatic rings. The average molecular weight is 112 g/mol. The third-order valence-corrected chi connectivity index (χ3v) is 1.22. The largest absolute Gasteiger partial charge is 0.361 e. The van der Waals surface area contributed by atoms with E-state index in [-0.39, 0.29) is 0 Å². The number of hydrogen-bond acceptors (Lipinski definition) is 2. The van der Waals surface area contributed by atoms with E-state index in [0.29, 0.717) is 13.0 Å². The molecule has 0 aromatic carbocycles. The quantitative estimate of drug-likeness (QED) is 0.303. The molecule has 0 N–H and O–H groups in total. The zero-order valence-electron chi connectivity index (χ0n) is 4.59. The number of rotatable bonds is 3. The van der Waals surface area contributed by atoms with Gasteiger partial charge in [-0.2, -0.15) is 0 Å². The first kappa shape index (κ1) is 5.51. The number of carbonyl (C=O) groups is 1. The van der Waals surface area contributed by atoms with Crippen molar-refractivity contribution in [3.8, 4) is 0 Å². The molecule has 1 rings (SSSR count). The van der Waals surface area contributed by atoms with Gasteiger partial charge in [-0.3, -0.25) is 0 Å². The molecule has 0 aromatic heterocycles. The Bertz CT molecular complexity index is 114. The molecule has 0 spiro atoms. The van der Waals surface area contributed by atoms with Crippen LogP contribution in [0.4, 0.5) is 0 Å². The fraction of sp³-hybridized carbons (Fsp3) is 0.500. The maximum Gasteiger partial charge on any atom is 0.154 e. The molecule has 0 bridgehead atoms. The van der Waals surface area contributed by atoms with Crippen LogP contribution >= 0.6 is 0 Å². The third kappa shape index (κ3) is 0.793. The van der Waals surface area contributed by atoms with Gasteiger partial charge in [0.2, 0.25) is 0 Å². The summed E-state index contributed by atoms with van der Waals surface area (Å²) in [7, 11) is 0. The van der Waals surface area contributed by atoms with Gasteiger partial charge in [0.25, 0.3) is 0 Å². The van der Waals surface area contributed by atoms with Gasteiger partial charge in [0, 0.05) is 6.42 Å². The molecule has 0 aliphatic carbocycles. The summed E-state index contributed by atoms with van der Waals surface area (Å²) in [5.41, 5.74) is -0.457. The zero-order chi connectivity index (χ0) is 6.04. The summed E-state index contributed by atoms with van der Waals surface area (Å²) in [5, 5.41) is 0. The Hall–Kier alpha value is -0.630. The molecule has 1 saturated heterocycles. The lowest BCUT2D eigenvalue weighted by molar-refractivity contribution is -0.112. The van der Waals surface area contributed by atoms with Crippen molar-refractivity contribution in [2.75, 3.05) is 6.61 Å². The maximum absolute atomic E-state index is 10.1. The number of carbonyl (C=O) groups excluding carboxylic acids is 1. The molecule has 0 saturated carbocycles. The van der Waals surface area contributed by atoms with Gasteiger partial charge in [-0.1, -0.05) is 6.08 Å². The van der Waals surface area contributed by atoms with Crippen molar-refractivity contribution in [1.29, 1.82) is 0 Å². The Morgan fingerprint density at radius 2 is 2.50 bits per heavy atom. The second kappa shape index (κ2) is 1.71. The molecule has 1 atom stereocenters. The van der Waals surface area contributed by atoms with Crippen LogP contribution in [-0.4, -0.2) is 18.5 Å². The molecule has 0 radical (unpaired) electrons. The van der Waals surface area contributed by atoms with Gasteiger partial charge in [-0.25, -0.2) is 0 Å². The molecule has 1 fully saturated rings. The molecule has 8 heavy (non-hydrogen) atoms. The average Bonchev–Trinajstić information content (AvgIpc) is 2.50. The van der Waals surface area contributed by atoms with Crippen LogP contribution in [0.25, 0.3) is 0 Å². The van der Waals surface area contributed by atoms with Gasteiger partial charge in [-0.15, -0.1) is 6.58 Å². The number of ether oxygens (including phenoxy) is 1. The summed E-state index contributed by atoms with van der Waals surface area (Å²) in [6.45, 7) is 4.07. The summed E-state index contributed by atoms with van der Waals surface area (Å²) in [6, 6.07) is 0. The topological polar surface area (TPSA) is 29.6 Å². The van der Waals surface area contributed by atoms with Gasteiger partial charge in [-0.05, 0) is 0 Å². The summed E-state index contributed by atoms with van der Waals surface area (Å²) in [4.78, 5) is 10.1. The molecular formula is C6H8O2. The molecule has 0 amide bonds. The van der Waals surface area contributed by atoms with Gasteiger partial charge >= 0.3 is 0 Å². The summed E-state index contributed by atoms with van der Waals surface area (Å²) < 4.78 is 4.85. The Balaban J connectivity index is 2.40. The molecule has 1 heterocycles. The van der Waals surface area contributed by atoms with Gasteiger partial charge in [0.05, 0.1) is 6.61 Å². The van der Waals surface area contributed by atoms with E-state index in [4.69, 9.17) is 4.74 Å². The number of epoxide rings is 1. The first-order valence-electron chi connectivity index (χ1n) is 2.54. The van der Waals surface area contributed by atoms with Crippen LogP contribution in [0.3, 0.4) is 0 Å². The maximum atomic E-state index is 10.1. The highest BCUT2D eigenvalue weighted by molar-refractivity contribution is 5.66. The Morgan fingerprint density at radius 3 is 2.62 bits per heavy atom. The Morgan fingerprint density at radius 1 is 1.88 bits per heavy atom. The molecule has 44 valence electrons. The first-order chi connectivity index (χ1) is 3.83. The molecule has 1 unspecified atom stereocenters. The van der Waals surface area contributed by atoms with E-state index >= 15 is 0 Å². The first-order valence-corrected chi connectivity index (χ1v) is 2.54. The molecule has 0 aromatic rings. The van der Waals surface area contributed by atoms with E-state index in [1.54, 1.807) is 6.08 Å². The van der Waals surface area contributed by atoms with Crippen molar-refractivity contribution in [3.05, 3.63) is 12.7 Å². The Labute approximate surface area is 48.1 Å².